The van der Waals surface area contributed by atoms with E-state index >= 15 is 0 Å². The average molecular weight is 265 g/mol. The van der Waals surface area contributed by atoms with E-state index in [2.05, 4.69) is 15.5 Å². The number of anilines is 1. The number of carbonyl (C=O) groups excluding carboxylic acids is 1. The van der Waals surface area contributed by atoms with Crippen molar-refractivity contribution in [1.82, 2.24) is 15.5 Å². The lowest BCUT2D eigenvalue weighted by Crippen LogP contribution is -2.23. The molecule has 0 radical (unpaired) electrons. The molecule has 0 saturated heterocycles. The Hall–Kier alpha value is -2.01. The van der Waals surface area contributed by atoms with Gasteiger partial charge in [0.15, 0.2) is 0 Å². The van der Waals surface area contributed by atoms with Crippen LogP contribution in [-0.4, -0.2) is 16.1 Å². The summed E-state index contributed by atoms with van der Waals surface area (Å²) in [6.07, 6.45) is 1.68. The van der Waals surface area contributed by atoms with Crippen molar-refractivity contribution in [2.75, 3.05) is 5.73 Å². The van der Waals surface area contributed by atoms with Gasteiger partial charge in [0.2, 0.25) is 0 Å². The number of halogens is 1. The lowest BCUT2D eigenvalue weighted by molar-refractivity contribution is 0.0952. The number of hydrogen-bond donors (Lipinski definition) is 3. The highest BCUT2D eigenvalue weighted by Crippen LogP contribution is 2.17. The largest absolute Gasteiger partial charge is 0.398 e. The van der Waals surface area contributed by atoms with Gasteiger partial charge >= 0.3 is 0 Å². The second kappa shape index (κ2) is 5.10. The van der Waals surface area contributed by atoms with Crippen molar-refractivity contribution in [3.63, 3.8) is 0 Å². The number of aromatic amines is 1. The molecular formula is C12H13ClN4O. The first-order chi connectivity index (χ1) is 8.58. The molecule has 0 atom stereocenters. The van der Waals surface area contributed by atoms with Crippen LogP contribution in [0.3, 0.4) is 0 Å². The first-order valence-corrected chi connectivity index (χ1v) is 5.78. The number of benzene rings is 1. The van der Waals surface area contributed by atoms with Crippen molar-refractivity contribution in [1.29, 1.82) is 0 Å². The molecule has 0 aliphatic heterocycles. The number of nitrogens with zero attached hydrogens (tertiary/aromatic N) is 1. The number of rotatable bonds is 3. The van der Waals surface area contributed by atoms with E-state index in [0.29, 0.717) is 22.8 Å². The number of hydrogen-bond acceptors (Lipinski definition) is 3. The van der Waals surface area contributed by atoms with Crippen molar-refractivity contribution in [3.05, 3.63) is 46.2 Å². The molecule has 0 fully saturated rings. The van der Waals surface area contributed by atoms with Crippen LogP contribution in [-0.2, 0) is 6.54 Å². The third kappa shape index (κ3) is 2.62. The number of nitrogens with one attached hydrogen (secondary N) is 2. The van der Waals surface area contributed by atoms with Gasteiger partial charge in [-0.3, -0.25) is 9.89 Å². The first kappa shape index (κ1) is 12.4. The van der Waals surface area contributed by atoms with Gasteiger partial charge in [0.1, 0.15) is 0 Å². The molecule has 5 nitrogen and oxygen atoms in total. The Labute approximate surface area is 109 Å². The van der Waals surface area contributed by atoms with E-state index in [0.717, 1.165) is 11.3 Å². The zero-order chi connectivity index (χ0) is 13.1. The summed E-state index contributed by atoms with van der Waals surface area (Å²) in [5.41, 5.74) is 8.37. The van der Waals surface area contributed by atoms with Gasteiger partial charge in [-0.2, -0.15) is 5.10 Å². The summed E-state index contributed by atoms with van der Waals surface area (Å²) in [6.45, 7) is 2.29. The molecule has 0 aliphatic rings. The molecule has 0 bridgehead atoms. The Kier molecular flexibility index (Phi) is 3.53. The topological polar surface area (TPSA) is 83.8 Å². The van der Waals surface area contributed by atoms with E-state index in [9.17, 15) is 4.79 Å². The fourth-order valence-corrected chi connectivity index (χ4v) is 1.72. The Morgan fingerprint density at radius 3 is 3.00 bits per heavy atom. The zero-order valence-electron chi connectivity index (χ0n) is 9.83. The van der Waals surface area contributed by atoms with Crippen LogP contribution < -0.4 is 11.1 Å². The van der Waals surface area contributed by atoms with E-state index < -0.39 is 0 Å². The van der Waals surface area contributed by atoms with Crippen molar-refractivity contribution in [2.24, 2.45) is 0 Å². The summed E-state index contributed by atoms with van der Waals surface area (Å²) < 4.78 is 0. The number of nitrogens with two attached hydrogens (primary N) is 1. The Bertz CT molecular complexity index is 579. The molecular weight excluding hydrogens is 252 g/mol. The van der Waals surface area contributed by atoms with Gasteiger partial charge in [0.25, 0.3) is 5.91 Å². The van der Waals surface area contributed by atoms with Crippen LogP contribution in [0.25, 0.3) is 0 Å². The maximum absolute atomic E-state index is 11.9. The quantitative estimate of drug-likeness (QED) is 0.740. The maximum atomic E-state index is 11.9. The number of carbonyl (C=O) groups is 1. The van der Waals surface area contributed by atoms with Crippen LogP contribution in [0.4, 0.5) is 5.69 Å². The number of nitrogen functional groups attached to an aromatic ring is 1. The molecule has 0 unspecified atom stereocenters. The molecule has 1 aromatic heterocycles. The molecule has 1 amide bonds. The second-order valence-electron chi connectivity index (χ2n) is 3.93. The average Bonchev–Trinajstić information content (AvgIpc) is 2.75. The molecule has 94 valence electrons. The predicted octanol–water partition coefficient (Wildman–Crippen LogP) is 1.88. The van der Waals surface area contributed by atoms with Gasteiger partial charge in [-0.25, -0.2) is 0 Å². The molecule has 2 aromatic rings. The van der Waals surface area contributed by atoms with Crippen LogP contribution in [0, 0.1) is 6.92 Å². The molecule has 4 N–H and O–H groups in total. The lowest BCUT2D eigenvalue weighted by Gasteiger charge is -2.07. The van der Waals surface area contributed by atoms with Crippen LogP contribution in [0.5, 0.6) is 0 Å². The monoisotopic (exact) mass is 264 g/mol. The van der Waals surface area contributed by atoms with Gasteiger partial charge in [0.05, 0.1) is 11.8 Å². The molecule has 1 heterocycles. The number of amides is 1. The van der Waals surface area contributed by atoms with Crippen LogP contribution in [0.2, 0.25) is 5.02 Å². The summed E-state index contributed by atoms with van der Waals surface area (Å²) in [5.74, 6) is -0.254. The van der Waals surface area contributed by atoms with E-state index in [1.54, 1.807) is 24.4 Å². The highest BCUT2D eigenvalue weighted by molar-refractivity contribution is 6.31. The summed E-state index contributed by atoms with van der Waals surface area (Å²) >= 11 is 5.84. The van der Waals surface area contributed by atoms with E-state index in [4.69, 9.17) is 17.3 Å². The van der Waals surface area contributed by atoms with Crippen molar-refractivity contribution in [2.45, 2.75) is 13.5 Å². The third-order valence-corrected chi connectivity index (χ3v) is 2.87. The number of H-pyrrole nitrogens is 1. The van der Waals surface area contributed by atoms with E-state index in [1.807, 2.05) is 6.92 Å². The van der Waals surface area contributed by atoms with Crippen molar-refractivity contribution < 1.29 is 4.79 Å². The standard InChI is InChI=1S/C12H13ClN4O/c1-7-8(6-16-17-7)5-15-12(18)10-4-9(13)2-3-11(10)14/h2-4,6H,5,14H2,1H3,(H,15,18)(H,16,17). The fourth-order valence-electron chi connectivity index (χ4n) is 1.55. The summed E-state index contributed by atoms with van der Waals surface area (Å²) in [5, 5.41) is 9.94. The summed E-state index contributed by atoms with van der Waals surface area (Å²) in [4.78, 5) is 11.9. The van der Waals surface area contributed by atoms with E-state index in [-0.39, 0.29) is 5.91 Å². The van der Waals surface area contributed by atoms with Crippen molar-refractivity contribution >= 4 is 23.2 Å². The SMILES string of the molecule is Cc1[nH]ncc1CNC(=O)c1cc(Cl)ccc1N. The van der Waals surface area contributed by atoms with Gasteiger partial charge in [-0.05, 0) is 25.1 Å². The molecule has 6 heteroatoms. The predicted molar refractivity (Wildman–Crippen MR) is 70.4 cm³/mol. The summed E-state index contributed by atoms with van der Waals surface area (Å²) in [7, 11) is 0. The zero-order valence-corrected chi connectivity index (χ0v) is 10.6. The highest BCUT2D eigenvalue weighted by atomic mass is 35.5. The van der Waals surface area contributed by atoms with Gasteiger partial charge < -0.3 is 11.1 Å². The number of aryl methyl sites for hydroxylation is 1. The molecule has 0 saturated carbocycles. The fraction of sp³-hybridized carbons (Fsp3) is 0.167. The van der Waals surface area contributed by atoms with Crippen LogP contribution >= 0.6 is 11.6 Å². The smallest absolute Gasteiger partial charge is 0.253 e. The molecule has 1 aromatic carbocycles. The van der Waals surface area contributed by atoms with Gasteiger partial charge in [-0.1, -0.05) is 11.6 Å². The molecule has 2 rings (SSSR count). The summed E-state index contributed by atoms with van der Waals surface area (Å²) in [6, 6.07) is 4.81. The second-order valence-corrected chi connectivity index (χ2v) is 4.37. The first-order valence-electron chi connectivity index (χ1n) is 5.40. The van der Waals surface area contributed by atoms with Gasteiger partial charge in [0, 0.05) is 28.5 Å². The third-order valence-electron chi connectivity index (χ3n) is 2.63. The molecule has 0 spiro atoms. The Morgan fingerprint density at radius 1 is 1.56 bits per heavy atom. The maximum Gasteiger partial charge on any atom is 0.253 e. The minimum atomic E-state index is -0.254. The molecule has 18 heavy (non-hydrogen) atoms. The minimum absolute atomic E-state index is 0.254. The Balaban J connectivity index is 2.08. The van der Waals surface area contributed by atoms with Crippen LogP contribution in [0.1, 0.15) is 21.6 Å². The van der Waals surface area contributed by atoms with Crippen LogP contribution in [0.15, 0.2) is 24.4 Å². The molecule has 0 aliphatic carbocycles. The number of aromatic nitrogens is 2. The van der Waals surface area contributed by atoms with Gasteiger partial charge in [-0.15, -0.1) is 0 Å². The van der Waals surface area contributed by atoms with E-state index in [1.165, 1.54) is 0 Å². The lowest BCUT2D eigenvalue weighted by atomic mass is 10.1. The van der Waals surface area contributed by atoms with Crippen molar-refractivity contribution in [3.8, 4) is 0 Å². The minimum Gasteiger partial charge on any atom is -0.398 e. The highest BCUT2D eigenvalue weighted by Gasteiger charge is 2.10. The Morgan fingerprint density at radius 2 is 2.33 bits per heavy atom. The normalized spacial score (nSPS) is 10.3.